The van der Waals surface area contributed by atoms with E-state index in [0.29, 0.717) is 11.1 Å². The molecular formula is C25H21NO3. The number of carbonyl (C=O) groups is 2. The maximum atomic E-state index is 13.1. The Morgan fingerprint density at radius 1 is 0.897 bits per heavy atom. The van der Waals surface area contributed by atoms with Crippen LogP contribution in [0.25, 0.3) is 22.2 Å². The van der Waals surface area contributed by atoms with Gasteiger partial charge in [0.15, 0.2) is 6.61 Å². The third kappa shape index (κ3) is 3.69. The average molecular weight is 383 g/mol. The third-order valence-corrected chi connectivity index (χ3v) is 4.99. The molecular weight excluding hydrogens is 362 g/mol. The Bertz CT molecular complexity index is 1210. The van der Waals surface area contributed by atoms with Crippen LogP contribution in [-0.2, 0) is 4.74 Å². The first kappa shape index (κ1) is 18.7. The van der Waals surface area contributed by atoms with E-state index in [1.807, 2.05) is 80.6 Å². The molecule has 0 radical (unpaired) electrons. The SMILES string of the molecule is Cc1ccc(C)c(C(=O)OCC(=O)c2c(-c3ccccc3)[nH]c3ccccc23)c1. The van der Waals surface area contributed by atoms with E-state index in [4.69, 9.17) is 4.74 Å². The van der Waals surface area contributed by atoms with Crippen LogP contribution in [0.15, 0.2) is 72.8 Å². The summed E-state index contributed by atoms with van der Waals surface area (Å²) in [6.45, 7) is 3.46. The Hall–Kier alpha value is -3.66. The van der Waals surface area contributed by atoms with Crippen LogP contribution >= 0.6 is 0 Å². The summed E-state index contributed by atoms with van der Waals surface area (Å²) in [7, 11) is 0. The molecule has 1 aromatic heterocycles. The maximum Gasteiger partial charge on any atom is 0.338 e. The molecule has 0 amide bonds. The predicted octanol–water partition coefficient (Wildman–Crippen LogP) is 5.49. The van der Waals surface area contributed by atoms with E-state index in [9.17, 15) is 9.59 Å². The zero-order valence-electron chi connectivity index (χ0n) is 16.4. The number of Topliss-reactive ketones (excluding diaryl/α,β-unsaturated/α-hetero) is 1. The second-order valence-electron chi connectivity index (χ2n) is 7.10. The van der Waals surface area contributed by atoms with Crippen LogP contribution in [0.3, 0.4) is 0 Å². The maximum absolute atomic E-state index is 13.1. The van der Waals surface area contributed by atoms with E-state index < -0.39 is 5.97 Å². The van der Waals surface area contributed by atoms with Gasteiger partial charge < -0.3 is 9.72 Å². The van der Waals surface area contributed by atoms with E-state index in [1.54, 1.807) is 6.07 Å². The zero-order chi connectivity index (χ0) is 20.4. The Morgan fingerprint density at radius 3 is 2.41 bits per heavy atom. The fourth-order valence-electron chi connectivity index (χ4n) is 3.49. The molecule has 4 aromatic rings. The number of ketones is 1. The molecule has 144 valence electrons. The minimum atomic E-state index is -0.486. The summed E-state index contributed by atoms with van der Waals surface area (Å²) in [5.74, 6) is -0.722. The lowest BCUT2D eigenvalue weighted by molar-refractivity contribution is 0.0474. The van der Waals surface area contributed by atoms with Crippen molar-refractivity contribution in [2.75, 3.05) is 6.61 Å². The van der Waals surface area contributed by atoms with E-state index in [2.05, 4.69) is 4.98 Å². The topological polar surface area (TPSA) is 59.2 Å². The van der Waals surface area contributed by atoms with Crippen LogP contribution in [-0.4, -0.2) is 23.3 Å². The van der Waals surface area contributed by atoms with Gasteiger partial charge in [0.05, 0.1) is 16.8 Å². The molecule has 1 N–H and O–H groups in total. The van der Waals surface area contributed by atoms with Gasteiger partial charge in [0.2, 0.25) is 5.78 Å². The lowest BCUT2D eigenvalue weighted by atomic mass is 10.0. The molecule has 0 fully saturated rings. The molecule has 29 heavy (non-hydrogen) atoms. The zero-order valence-corrected chi connectivity index (χ0v) is 16.4. The van der Waals surface area contributed by atoms with Gasteiger partial charge in [-0.2, -0.15) is 0 Å². The van der Waals surface area contributed by atoms with Gasteiger partial charge in [-0.25, -0.2) is 4.79 Å². The summed E-state index contributed by atoms with van der Waals surface area (Å²) in [5, 5.41) is 0.819. The largest absolute Gasteiger partial charge is 0.454 e. The van der Waals surface area contributed by atoms with Crippen molar-refractivity contribution >= 4 is 22.7 Å². The molecule has 0 aliphatic carbocycles. The van der Waals surface area contributed by atoms with Crippen molar-refractivity contribution in [2.45, 2.75) is 13.8 Å². The minimum absolute atomic E-state index is 0.236. The standard InChI is InChI=1S/C25H21NO3/c1-16-12-13-17(2)20(14-16)25(28)29-15-22(27)23-19-10-6-7-11-21(19)26-24(23)18-8-4-3-5-9-18/h3-14,26H,15H2,1-2H3. The number of fused-ring (bicyclic) bond motifs is 1. The smallest absolute Gasteiger partial charge is 0.338 e. The Kier molecular flexibility index (Phi) is 5.00. The van der Waals surface area contributed by atoms with Crippen LogP contribution in [0.2, 0.25) is 0 Å². The third-order valence-electron chi connectivity index (χ3n) is 4.99. The average Bonchev–Trinajstić information content (AvgIpc) is 3.14. The number of H-pyrrole nitrogens is 1. The molecule has 3 aromatic carbocycles. The number of aromatic nitrogens is 1. The first-order valence-electron chi connectivity index (χ1n) is 9.48. The highest BCUT2D eigenvalue weighted by Gasteiger charge is 2.21. The summed E-state index contributed by atoms with van der Waals surface area (Å²) in [4.78, 5) is 29.0. The number of carbonyl (C=O) groups excluding carboxylic acids is 2. The number of benzene rings is 3. The summed E-state index contributed by atoms with van der Waals surface area (Å²) >= 11 is 0. The fourth-order valence-corrected chi connectivity index (χ4v) is 3.49. The van der Waals surface area contributed by atoms with Gasteiger partial charge in [-0.1, -0.05) is 66.2 Å². The Labute approximate surface area is 169 Å². The van der Waals surface area contributed by atoms with Crippen molar-refractivity contribution in [3.8, 4) is 11.3 Å². The highest BCUT2D eigenvalue weighted by Crippen LogP contribution is 2.30. The number of aromatic amines is 1. The normalized spacial score (nSPS) is 10.8. The van der Waals surface area contributed by atoms with Crippen LogP contribution in [0.5, 0.6) is 0 Å². The first-order valence-corrected chi connectivity index (χ1v) is 9.48. The highest BCUT2D eigenvalue weighted by molar-refractivity contribution is 6.14. The van der Waals surface area contributed by atoms with E-state index in [0.717, 1.165) is 33.3 Å². The first-order chi connectivity index (χ1) is 14.0. The molecule has 0 aliphatic heterocycles. The van der Waals surface area contributed by atoms with Gasteiger partial charge in [-0.15, -0.1) is 0 Å². The van der Waals surface area contributed by atoms with Gasteiger partial charge in [0.25, 0.3) is 0 Å². The van der Waals surface area contributed by atoms with Crippen LogP contribution < -0.4 is 0 Å². The van der Waals surface area contributed by atoms with Crippen molar-refractivity contribution in [3.05, 3.63) is 95.1 Å². The molecule has 4 rings (SSSR count). The van der Waals surface area contributed by atoms with Crippen molar-refractivity contribution in [2.24, 2.45) is 0 Å². The molecule has 0 saturated carbocycles. The lowest BCUT2D eigenvalue weighted by Crippen LogP contribution is -2.15. The van der Waals surface area contributed by atoms with Crippen molar-refractivity contribution in [1.29, 1.82) is 0 Å². The van der Waals surface area contributed by atoms with Gasteiger partial charge in [-0.3, -0.25) is 4.79 Å². The Balaban J connectivity index is 1.65. The summed E-state index contributed by atoms with van der Waals surface area (Å²) in [5.41, 5.74) is 5.34. The molecule has 0 spiro atoms. The van der Waals surface area contributed by atoms with Gasteiger partial charge in [0, 0.05) is 10.9 Å². The van der Waals surface area contributed by atoms with Gasteiger partial charge >= 0.3 is 5.97 Å². The van der Waals surface area contributed by atoms with E-state index >= 15 is 0 Å². The van der Waals surface area contributed by atoms with Gasteiger partial charge in [-0.05, 0) is 37.1 Å². The number of esters is 1. The van der Waals surface area contributed by atoms with Crippen LogP contribution in [0.4, 0.5) is 0 Å². The van der Waals surface area contributed by atoms with E-state index in [-0.39, 0.29) is 12.4 Å². The molecule has 0 saturated heterocycles. The fraction of sp³-hybridized carbons (Fsp3) is 0.120. The molecule has 0 unspecified atom stereocenters. The number of para-hydroxylation sites is 1. The van der Waals surface area contributed by atoms with Crippen LogP contribution in [0.1, 0.15) is 31.8 Å². The van der Waals surface area contributed by atoms with Crippen molar-refractivity contribution in [3.63, 3.8) is 0 Å². The van der Waals surface area contributed by atoms with Gasteiger partial charge in [0.1, 0.15) is 0 Å². The number of hydrogen-bond donors (Lipinski definition) is 1. The molecule has 0 atom stereocenters. The van der Waals surface area contributed by atoms with Crippen LogP contribution in [0, 0.1) is 13.8 Å². The molecule has 4 nitrogen and oxygen atoms in total. The Morgan fingerprint density at radius 2 is 1.62 bits per heavy atom. The number of aryl methyl sites for hydroxylation is 2. The number of rotatable bonds is 5. The van der Waals surface area contributed by atoms with Crippen molar-refractivity contribution in [1.82, 2.24) is 4.98 Å². The molecule has 1 heterocycles. The predicted molar refractivity (Wildman–Crippen MR) is 114 cm³/mol. The minimum Gasteiger partial charge on any atom is -0.454 e. The monoisotopic (exact) mass is 383 g/mol. The van der Waals surface area contributed by atoms with E-state index in [1.165, 1.54) is 0 Å². The molecule has 0 aliphatic rings. The quantitative estimate of drug-likeness (QED) is 0.366. The number of nitrogens with one attached hydrogen (secondary N) is 1. The molecule has 4 heteroatoms. The second kappa shape index (κ2) is 7.76. The summed E-state index contributed by atoms with van der Waals surface area (Å²) < 4.78 is 5.39. The number of ether oxygens (including phenoxy) is 1. The second-order valence-corrected chi connectivity index (χ2v) is 7.10. The summed E-state index contributed by atoms with van der Waals surface area (Å²) in [6.07, 6.45) is 0. The summed E-state index contributed by atoms with van der Waals surface area (Å²) in [6, 6.07) is 22.9. The lowest BCUT2D eigenvalue weighted by Gasteiger charge is -2.09. The molecule has 0 bridgehead atoms. The van der Waals surface area contributed by atoms with Crippen molar-refractivity contribution < 1.29 is 14.3 Å². The highest BCUT2D eigenvalue weighted by atomic mass is 16.5. The number of hydrogen-bond acceptors (Lipinski definition) is 3.